The Balaban J connectivity index is 1.99. The average molecular weight is 331 g/mol. The molecule has 2 rings (SSSR count). The van der Waals surface area contributed by atoms with Gasteiger partial charge in [-0.1, -0.05) is 29.8 Å². The number of nitrogens with one attached hydrogen (secondary N) is 1. The Kier molecular flexibility index (Phi) is 5.49. The fraction of sp³-hybridized carbons (Fsp3) is 0.118. The van der Waals surface area contributed by atoms with E-state index in [-0.39, 0.29) is 5.91 Å². The highest BCUT2D eigenvalue weighted by Gasteiger charge is 2.06. The summed E-state index contributed by atoms with van der Waals surface area (Å²) < 4.78 is 4.62. The first-order valence-electron chi connectivity index (χ1n) is 6.79. The Hall–Kier alpha value is -2.66. The number of halogens is 1. The number of hydrazone groups is 1. The zero-order valence-electron chi connectivity index (χ0n) is 12.7. The monoisotopic (exact) mass is 330 g/mol. The fourth-order valence-corrected chi connectivity index (χ4v) is 1.97. The van der Waals surface area contributed by atoms with Crippen molar-refractivity contribution in [2.45, 2.75) is 6.92 Å². The number of carbonyl (C=O) groups excluding carboxylic acids is 2. The summed E-state index contributed by atoms with van der Waals surface area (Å²) in [6.07, 6.45) is 1.48. The largest absolute Gasteiger partial charge is 0.465 e. The molecule has 0 saturated heterocycles. The zero-order chi connectivity index (χ0) is 16.8. The molecule has 0 aliphatic rings. The SMILES string of the molecule is COC(=O)c1ccc(/C=N/NC(=O)c2ccc(C)c(Cl)c2)cc1. The molecule has 2 aromatic rings. The van der Waals surface area contributed by atoms with E-state index in [2.05, 4.69) is 15.3 Å². The van der Waals surface area contributed by atoms with Gasteiger partial charge in [0.2, 0.25) is 0 Å². The summed E-state index contributed by atoms with van der Waals surface area (Å²) in [4.78, 5) is 23.2. The number of hydrogen-bond acceptors (Lipinski definition) is 4. The molecule has 2 aromatic carbocycles. The highest BCUT2D eigenvalue weighted by molar-refractivity contribution is 6.31. The van der Waals surface area contributed by atoms with E-state index in [4.69, 9.17) is 11.6 Å². The molecular weight excluding hydrogens is 316 g/mol. The van der Waals surface area contributed by atoms with Gasteiger partial charge in [0.25, 0.3) is 5.91 Å². The lowest BCUT2D eigenvalue weighted by Crippen LogP contribution is -2.17. The lowest BCUT2D eigenvalue weighted by molar-refractivity contribution is 0.0600. The second kappa shape index (κ2) is 7.56. The number of carbonyl (C=O) groups is 2. The van der Waals surface area contributed by atoms with Crippen LogP contribution >= 0.6 is 11.6 Å². The van der Waals surface area contributed by atoms with Gasteiger partial charge in [0.15, 0.2) is 0 Å². The van der Waals surface area contributed by atoms with Gasteiger partial charge in [0, 0.05) is 10.6 Å². The molecule has 1 amide bonds. The predicted molar refractivity (Wildman–Crippen MR) is 89.0 cm³/mol. The molecule has 0 aliphatic heterocycles. The van der Waals surface area contributed by atoms with E-state index in [1.807, 2.05) is 6.92 Å². The van der Waals surface area contributed by atoms with Gasteiger partial charge in [-0.2, -0.15) is 5.10 Å². The van der Waals surface area contributed by atoms with Crippen LogP contribution in [-0.4, -0.2) is 25.2 Å². The molecule has 0 heterocycles. The topological polar surface area (TPSA) is 67.8 Å². The van der Waals surface area contributed by atoms with E-state index in [9.17, 15) is 9.59 Å². The lowest BCUT2D eigenvalue weighted by Gasteiger charge is -2.02. The summed E-state index contributed by atoms with van der Waals surface area (Å²) in [5.41, 5.74) is 4.94. The van der Waals surface area contributed by atoms with Crippen LogP contribution in [-0.2, 0) is 4.74 Å². The van der Waals surface area contributed by atoms with Crippen molar-refractivity contribution in [3.63, 3.8) is 0 Å². The molecule has 0 radical (unpaired) electrons. The third-order valence-electron chi connectivity index (χ3n) is 3.15. The highest BCUT2D eigenvalue weighted by Crippen LogP contribution is 2.16. The van der Waals surface area contributed by atoms with Crippen LogP contribution in [0, 0.1) is 6.92 Å². The van der Waals surface area contributed by atoms with Crippen LogP contribution in [0.25, 0.3) is 0 Å². The van der Waals surface area contributed by atoms with Crippen molar-refractivity contribution >= 4 is 29.7 Å². The summed E-state index contributed by atoms with van der Waals surface area (Å²) >= 11 is 5.98. The molecule has 23 heavy (non-hydrogen) atoms. The number of amides is 1. The number of rotatable bonds is 4. The van der Waals surface area contributed by atoms with Crippen molar-refractivity contribution in [3.05, 3.63) is 69.7 Å². The third kappa shape index (κ3) is 4.40. The summed E-state index contributed by atoms with van der Waals surface area (Å²) in [7, 11) is 1.32. The minimum absolute atomic E-state index is 0.352. The molecule has 5 nitrogen and oxygen atoms in total. The Morgan fingerprint density at radius 3 is 2.39 bits per heavy atom. The Labute approximate surface area is 138 Å². The third-order valence-corrected chi connectivity index (χ3v) is 3.55. The van der Waals surface area contributed by atoms with E-state index in [1.54, 1.807) is 42.5 Å². The standard InChI is InChI=1S/C17H15ClN2O3/c1-11-3-6-14(9-15(11)18)16(21)20-19-10-12-4-7-13(8-5-12)17(22)23-2/h3-10H,1-2H3,(H,20,21)/b19-10+. The number of benzene rings is 2. The maximum Gasteiger partial charge on any atom is 0.337 e. The van der Waals surface area contributed by atoms with Gasteiger partial charge in [-0.3, -0.25) is 4.79 Å². The highest BCUT2D eigenvalue weighted by atomic mass is 35.5. The van der Waals surface area contributed by atoms with Crippen LogP contribution in [0.4, 0.5) is 0 Å². The molecule has 6 heteroatoms. The van der Waals surface area contributed by atoms with Gasteiger partial charge in [0.1, 0.15) is 0 Å². The summed E-state index contributed by atoms with van der Waals surface area (Å²) in [5.74, 6) is -0.757. The zero-order valence-corrected chi connectivity index (χ0v) is 13.4. The molecular formula is C17H15ClN2O3. The second-order valence-electron chi connectivity index (χ2n) is 4.78. The average Bonchev–Trinajstić information content (AvgIpc) is 2.57. The van der Waals surface area contributed by atoms with E-state index < -0.39 is 5.97 Å². The number of aryl methyl sites for hydroxylation is 1. The van der Waals surface area contributed by atoms with Gasteiger partial charge in [-0.05, 0) is 42.3 Å². The van der Waals surface area contributed by atoms with Crippen LogP contribution in [0.2, 0.25) is 5.02 Å². The van der Waals surface area contributed by atoms with Gasteiger partial charge >= 0.3 is 5.97 Å². The van der Waals surface area contributed by atoms with Gasteiger partial charge in [-0.15, -0.1) is 0 Å². The Bertz CT molecular complexity index is 755. The number of hydrogen-bond donors (Lipinski definition) is 1. The molecule has 0 unspecified atom stereocenters. The molecule has 1 N–H and O–H groups in total. The fourth-order valence-electron chi connectivity index (χ4n) is 1.79. The van der Waals surface area contributed by atoms with Crippen molar-refractivity contribution in [1.29, 1.82) is 0 Å². The van der Waals surface area contributed by atoms with Gasteiger partial charge in [0.05, 0.1) is 18.9 Å². The van der Waals surface area contributed by atoms with Crippen molar-refractivity contribution in [2.24, 2.45) is 5.10 Å². The van der Waals surface area contributed by atoms with Crippen molar-refractivity contribution in [2.75, 3.05) is 7.11 Å². The first-order valence-corrected chi connectivity index (χ1v) is 7.17. The molecule has 0 aliphatic carbocycles. The normalized spacial score (nSPS) is 10.6. The molecule has 0 atom stereocenters. The predicted octanol–water partition coefficient (Wildman–Crippen LogP) is 3.20. The Morgan fingerprint density at radius 1 is 1.13 bits per heavy atom. The number of methoxy groups -OCH3 is 1. The van der Waals surface area contributed by atoms with Crippen molar-refractivity contribution in [3.8, 4) is 0 Å². The maximum atomic E-state index is 11.9. The quantitative estimate of drug-likeness (QED) is 0.532. The minimum Gasteiger partial charge on any atom is -0.465 e. The number of ether oxygens (including phenoxy) is 1. The number of esters is 1. The molecule has 0 bridgehead atoms. The van der Waals surface area contributed by atoms with Gasteiger partial charge < -0.3 is 4.74 Å². The van der Waals surface area contributed by atoms with Crippen LogP contribution in [0.3, 0.4) is 0 Å². The first kappa shape index (κ1) is 16.7. The van der Waals surface area contributed by atoms with E-state index in [1.165, 1.54) is 13.3 Å². The van der Waals surface area contributed by atoms with Crippen LogP contribution in [0.5, 0.6) is 0 Å². The molecule has 0 saturated carbocycles. The van der Waals surface area contributed by atoms with E-state index >= 15 is 0 Å². The van der Waals surface area contributed by atoms with Crippen LogP contribution in [0.15, 0.2) is 47.6 Å². The second-order valence-corrected chi connectivity index (χ2v) is 5.18. The smallest absolute Gasteiger partial charge is 0.337 e. The maximum absolute atomic E-state index is 11.9. The molecule has 118 valence electrons. The Morgan fingerprint density at radius 2 is 1.78 bits per heavy atom. The van der Waals surface area contributed by atoms with Crippen molar-refractivity contribution in [1.82, 2.24) is 5.43 Å². The molecule has 0 spiro atoms. The minimum atomic E-state index is -0.405. The number of nitrogens with zero attached hydrogens (tertiary/aromatic N) is 1. The van der Waals surface area contributed by atoms with E-state index in [0.717, 1.165) is 11.1 Å². The molecule has 0 aromatic heterocycles. The summed E-state index contributed by atoms with van der Waals surface area (Å²) in [6, 6.07) is 11.7. The molecule has 0 fully saturated rings. The summed E-state index contributed by atoms with van der Waals surface area (Å²) in [5, 5.41) is 4.41. The first-order chi connectivity index (χ1) is 11.0. The van der Waals surface area contributed by atoms with Gasteiger partial charge in [-0.25, -0.2) is 10.2 Å². The van der Waals surface area contributed by atoms with E-state index in [0.29, 0.717) is 16.1 Å². The van der Waals surface area contributed by atoms with Crippen LogP contribution < -0.4 is 5.43 Å². The van der Waals surface area contributed by atoms with Crippen molar-refractivity contribution < 1.29 is 14.3 Å². The summed E-state index contributed by atoms with van der Waals surface area (Å²) in [6.45, 7) is 1.86. The van der Waals surface area contributed by atoms with Crippen LogP contribution in [0.1, 0.15) is 31.8 Å². The lowest BCUT2D eigenvalue weighted by atomic mass is 10.1.